The maximum Gasteiger partial charge on any atom is 0.407 e. The van der Waals surface area contributed by atoms with E-state index in [1.54, 1.807) is 36.5 Å². The molecule has 2 N–H and O–H groups in total. The van der Waals surface area contributed by atoms with Crippen LogP contribution in [0.15, 0.2) is 30.6 Å². The molecular formula is C21H28N4O4. The topological polar surface area (TPSA) is 96.7 Å². The van der Waals surface area contributed by atoms with E-state index in [1.807, 2.05) is 31.3 Å². The molecule has 8 nitrogen and oxygen atoms in total. The number of hydrogen-bond donors (Lipinski definition) is 2. The highest BCUT2D eigenvalue weighted by Crippen LogP contribution is 2.39. The summed E-state index contributed by atoms with van der Waals surface area (Å²) < 4.78 is 6.93. The number of hydrogen-bond acceptors (Lipinski definition) is 5. The molecule has 1 aromatic heterocycles. The number of carbonyl (C=O) groups excluding carboxylic acids is 2. The molecule has 2 amide bonds. The lowest BCUT2D eigenvalue weighted by atomic mass is 9.89. The summed E-state index contributed by atoms with van der Waals surface area (Å²) in [6.45, 7) is 7.56. The highest BCUT2D eigenvalue weighted by atomic mass is 16.6. The molecule has 0 bridgehead atoms. The zero-order valence-corrected chi connectivity index (χ0v) is 17.3. The van der Waals surface area contributed by atoms with Gasteiger partial charge in [0.15, 0.2) is 0 Å². The fraction of sp³-hybridized carbons (Fsp3) is 0.476. The quantitative estimate of drug-likeness (QED) is 0.804. The van der Waals surface area contributed by atoms with Crippen LogP contribution >= 0.6 is 0 Å². The number of aromatic nitrogens is 2. The molecule has 2 heterocycles. The lowest BCUT2D eigenvalue weighted by Crippen LogP contribution is -2.45. The van der Waals surface area contributed by atoms with Crippen LogP contribution in [-0.2, 0) is 16.1 Å². The summed E-state index contributed by atoms with van der Waals surface area (Å²) in [4.78, 5) is 26.3. The third-order valence-corrected chi connectivity index (χ3v) is 4.95. The fourth-order valence-electron chi connectivity index (χ4n) is 3.79. The number of alkyl carbamates (subject to hydrolysis) is 1. The molecule has 0 saturated heterocycles. The molecule has 0 aliphatic carbocycles. The minimum atomic E-state index is -0.472. The van der Waals surface area contributed by atoms with Crippen molar-refractivity contribution in [2.45, 2.75) is 58.8 Å². The summed E-state index contributed by atoms with van der Waals surface area (Å²) in [6, 6.07) is 5.51. The first-order chi connectivity index (χ1) is 13.8. The van der Waals surface area contributed by atoms with Crippen LogP contribution in [0.25, 0.3) is 11.1 Å². The predicted molar refractivity (Wildman–Crippen MR) is 109 cm³/mol. The van der Waals surface area contributed by atoms with Gasteiger partial charge < -0.3 is 20.1 Å². The van der Waals surface area contributed by atoms with Crippen LogP contribution in [0, 0.1) is 0 Å². The summed E-state index contributed by atoms with van der Waals surface area (Å²) >= 11 is 0. The summed E-state index contributed by atoms with van der Waals surface area (Å²) in [5, 5.41) is 16.3. The first kappa shape index (κ1) is 20.9. The Hall–Kier alpha value is -2.87. The van der Waals surface area contributed by atoms with Gasteiger partial charge in [0.05, 0.1) is 31.5 Å². The number of aliphatic hydroxyl groups excluding tert-OH is 1. The number of rotatable bonds is 5. The van der Waals surface area contributed by atoms with Crippen molar-refractivity contribution in [1.82, 2.24) is 15.1 Å². The number of nitrogens with zero attached hydrogens (tertiary/aromatic N) is 3. The molecule has 1 aromatic carbocycles. The van der Waals surface area contributed by atoms with Crippen molar-refractivity contribution in [2.75, 3.05) is 11.5 Å². The second-order valence-corrected chi connectivity index (χ2v) is 7.61. The van der Waals surface area contributed by atoms with Crippen molar-refractivity contribution in [3.63, 3.8) is 0 Å². The monoisotopic (exact) mass is 400 g/mol. The van der Waals surface area contributed by atoms with Crippen LogP contribution in [0.3, 0.4) is 0 Å². The number of aliphatic hydroxyl groups is 1. The zero-order valence-electron chi connectivity index (χ0n) is 17.3. The van der Waals surface area contributed by atoms with Gasteiger partial charge in [-0.3, -0.25) is 9.48 Å². The number of fused-ring (bicyclic) bond motifs is 1. The van der Waals surface area contributed by atoms with Gasteiger partial charge in [0.25, 0.3) is 0 Å². The smallest absolute Gasteiger partial charge is 0.407 e. The molecule has 3 rings (SSSR count). The summed E-state index contributed by atoms with van der Waals surface area (Å²) in [5.74, 6) is -0.0366. The summed E-state index contributed by atoms with van der Waals surface area (Å²) in [7, 11) is 0. The van der Waals surface area contributed by atoms with E-state index in [2.05, 4.69) is 10.4 Å². The van der Waals surface area contributed by atoms with Gasteiger partial charge in [-0.2, -0.15) is 5.10 Å². The predicted octanol–water partition coefficient (Wildman–Crippen LogP) is 2.86. The van der Waals surface area contributed by atoms with Crippen LogP contribution < -0.4 is 10.2 Å². The molecule has 2 aromatic rings. The number of benzene rings is 1. The molecule has 0 spiro atoms. The van der Waals surface area contributed by atoms with Crippen molar-refractivity contribution in [2.24, 2.45) is 0 Å². The van der Waals surface area contributed by atoms with Gasteiger partial charge in [0, 0.05) is 30.4 Å². The van der Waals surface area contributed by atoms with Gasteiger partial charge in [-0.1, -0.05) is 6.07 Å². The Morgan fingerprint density at radius 2 is 2.10 bits per heavy atom. The number of nitrogens with one attached hydrogen (secondary N) is 1. The minimum absolute atomic E-state index is 0.0146. The lowest BCUT2D eigenvalue weighted by molar-refractivity contribution is -0.117. The van der Waals surface area contributed by atoms with Crippen LogP contribution in [0.5, 0.6) is 0 Å². The Morgan fingerprint density at radius 3 is 2.76 bits per heavy atom. The minimum Gasteiger partial charge on any atom is -0.447 e. The van der Waals surface area contributed by atoms with E-state index in [0.717, 1.165) is 22.4 Å². The highest BCUT2D eigenvalue weighted by molar-refractivity contribution is 5.94. The molecule has 8 heteroatoms. The molecule has 29 heavy (non-hydrogen) atoms. The Balaban J connectivity index is 1.98. The summed E-state index contributed by atoms with van der Waals surface area (Å²) in [5.41, 5.74) is 3.48. The van der Waals surface area contributed by atoms with E-state index in [-0.39, 0.29) is 30.7 Å². The molecule has 2 atom stereocenters. The van der Waals surface area contributed by atoms with Gasteiger partial charge >= 0.3 is 6.09 Å². The van der Waals surface area contributed by atoms with Gasteiger partial charge in [0.1, 0.15) is 0 Å². The first-order valence-electron chi connectivity index (χ1n) is 9.84. The maximum absolute atomic E-state index is 12.3. The number of ether oxygens (including phenoxy) is 1. The average molecular weight is 400 g/mol. The Bertz CT molecular complexity index is 893. The Labute approximate surface area is 170 Å². The maximum atomic E-state index is 12.3. The number of carbonyl (C=O) groups is 2. The molecule has 156 valence electrons. The fourth-order valence-corrected chi connectivity index (χ4v) is 3.79. The van der Waals surface area contributed by atoms with Crippen LogP contribution in [0.1, 0.15) is 45.7 Å². The molecular weight excluding hydrogens is 372 g/mol. The largest absolute Gasteiger partial charge is 0.447 e. The first-order valence-corrected chi connectivity index (χ1v) is 9.84. The van der Waals surface area contributed by atoms with Crippen molar-refractivity contribution in [3.8, 4) is 11.1 Å². The van der Waals surface area contributed by atoms with Crippen molar-refractivity contribution >= 4 is 17.7 Å². The highest BCUT2D eigenvalue weighted by Gasteiger charge is 2.33. The van der Waals surface area contributed by atoms with Gasteiger partial charge in [-0.15, -0.1) is 0 Å². The molecule has 0 unspecified atom stereocenters. The third-order valence-electron chi connectivity index (χ3n) is 4.95. The lowest BCUT2D eigenvalue weighted by Gasteiger charge is -2.39. The Morgan fingerprint density at radius 1 is 1.34 bits per heavy atom. The Kier molecular flexibility index (Phi) is 6.22. The van der Waals surface area contributed by atoms with Crippen LogP contribution in [0.4, 0.5) is 10.5 Å². The van der Waals surface area contributed by atoms with E-state index in [0.29, 0.717) is 13.0 Å². The second kappa shape index (κ2) is 8.65. The molecule has 0 fully saturated rings. The summed E-state index contributed by atoms with van der Waals surface area (Å²) in [6.07, 6.45) is 3.50. The average Bonchev–Trinajstić information content (AvgIpc) is 3.09. The van der Waals surface area contributed by atoms with Crippen molar-refractivity contribution in [3.05, 3.63) is 36.2 Å². The van der Waals surface area contributed by atoms with E-state index in [4.69, 9.17) is 9.84 Å². The van der Waals surface area contributed by atoms with E-state index < -0.39 is 6.09 Å². The van der Waals surface area contributed by atoms with Gasteiger partial charge in [-0.25, -0.2) is 4.79 Å². The van der Waals surface area contributed by atoms with Gasteiger partial charge in [-0.05, 0) is 50.5 Å². The number of amides is 2. The van der Waals surface area contributed by atoms with E-state index >= 15 is 0 Å². The molecule has 1 aliphatic rings. The third kappa shape index (κ3) is 4.59. The standard InChI is InChI=1S/C21H28N4O4/c1-13(2)29-21(28)23-19-9-14(3)25(15(4)27)20-6-5-16(10-18(19)20)17-11-22-24(12-17)7-8-26/h5-6,10-14,19,26H,7-9H2,1-4H3,(H,23,28)/t14-,19+/m0/s1. The molecule has 0 saturated carbocycles. The SMILES string of the molecule is CC(=O)N1c2ccc(-c3cnn(CCO)c3)cc2[C@H](NC(=O)OC(C)C)C[C@@H]1C. The van der Waals surface area contributed by atoms with Crippen LogP contribution in [-0.4, -0.2) is 45.6 Å². The van der Waals surface area contributed by atoms with E-state index in [1.165, 1.54) is 0 Å². The van der Waals surface area contributed by atoms with Crippen LogP contribution in [0.2, 0.25) is 0 Å². The molecule has 0 radical (unpaired) electrons. The number of anilines is 1. The van der Waals surface area contributed by atoms with E-state index in [9.17, 15) is 9.59 Å². The van der Waals surface area contributed by atoms with Crippen molar-refractivity contribution < 1.29 is 19.4 Å². The molecule has 1 aliphatic heterocycles. The van der Waals surface area contributed by atoms with Gasteiger partial charge in [0.2, 0.25) is 5.91 Å². The van der Waals surface area contributed by atoms with Crippen molar-refractivity contribution in [1.29, 1.82) is 0 Å². The second-order valence-electron chi connectivity index (χ2n) is 7.61. The zero-order chi connectivity index (χ0) is 21.1. The normalized spacial score (nSPS) is 18.5.